The van der Waals surface area contributed by atoms with Crippen molar-refractivity contribution in [2.24, 2.45) is 0 Å². The third-order valence-corrected chi connectivity index (χ3v) is 5.07. The number of rotatable bonds is 6. The molecular weight excluding hydrogens is 427 g/mol. The predicted molar refractivity (Wildman–Crippen MR) is 110 cm³/mol. The standard InChI is InChI=1S/C21H20BrFN2O3/c1-13-17-7-6-15(22)11-18(17)25(8-9-28-2)21(27)19(13)20(26)24-12-14-4-3-5-16(23)10-14/h3-7,10-11H,8-9,12H2,1-2H3,(H,24,26). The fraction of sp³-hybridized carbons (Fsp3) is 0.238. The van der Waals surface area contributed by atoms with Gasteiger partial charge in [0, 0.05) is 30.1 Å². The van der Waals surface area contributed by atoms with Crippen molar-refractivity contribution >= 4 is 32.7 Å². The van der Waals surface area contributed by atoms with Gasteiger partial charge in [0.15, 0.2) is 0 Å². The highest BCUT2D eigenvalue weighted by Crippen LogP contribution is 2.23. The number of aryl methyl sites for hydroxylation is 1. The van der Waals surface area contributed by atoms with Crippen LogP contribution in [0.2, 0.25) is 0 Å². The molecule has 0 bridgehead atoms. The summed E-state index contributed by atoms with van der Waals surface area (Å²) in [4.78, 5) is 25.9. The SMILES string of the molecule is COCCn1c(=O)c(C(=O)NCc2cccc(F)c2)c(C)c2ccc(Br)cc21. The van der Waals surface area contributed by atoms with E-state index in [1.54, 1.807) is 30.7 Å². The molecule has 0 aliphatic rings. The van der Waals surface area contributed by atoms with Crippen molar-refractivity contribution in [3.8, 4) is 0 Å². The number of ether oxygens (including phenoxy) is 1. The van der Waals surface area contributed by atoms with Gasteiger partial charge in [0.1, 0.15) is 11.4 Å². The van der Waals surface area contributed by atoms with Crippen LogP contribution in [0.4, 0.5) is 4.39 Å². The Labute approximate surface area is 170 Å². The Morgan fingerprint density at radius 2 is 2.04 bits per heavy atom. The number of nitrogens with zero attached hydrogens (tertiary/aromatic N) is 1. The first kappa shape index (κ1) is 20.2. The second kappa shape index (κ2) is 8.67. The first-order chi connectivity index (χ1) is 13.4. The quantitative estimate of drug-likeness (QED) is 0.626. The fourth-order valence-corrected chi connectivity index (χ4v) is 3.52. The summed E-state index contributed by atoms with van der Waals surface area (Å²) < 4.78 is 20.8. The first-order valence-electron chi connectivity index (χ1n) is 8.76. The number of hydrogen-bond acceptors (Lipinski definition) is 3. The molecule has 3 aromatic rings. The zero-order valence-electron chi connectivity index (χ0n) is 15.6. The van der Waals surface area contributed by atoms with Gasteiger partial charge in [0.25, 0.3) is 11.5 Å². The molecule has 0 aliphatic carbocycles. The van der Waals surface area contributed by atoms with E-state index >= 15 is 0 Å². The van der Waals surface area contributed by atoms with Gasteiger partial charge in [-0.25, -0.2) is 4.39 Å². The number of fused-ring (bicyclic) bond motifs is 1. The Hall–Kier alpha value is -2.51. The molecule has 2 aromatic carbocycles. The average Bonchev–Trinajstić information content (AvgIpc) is 2.66. The number of halogens is 2. The molecule has 1 aromatic heterocycles. The van der Waals surface area contributed by atoms with Crippen molar-refractivity contribution in [3.05, 3.63) is 79.8 Å². The number of hydrogen-bond donors (Lipinski definition) is 1. The number of methoxy groups -OCH3 is 1. The maximum atomic E-state index is 13.3. The van der Waals surface area contributed by atoms with Crippen LogP contribution in [0.25, 0.3) is 10.9 Å². The molecule has 0 radical (unpaired) electrons. The lowest BCUT2D eigenvalue weighted by Gasteiger charge is -2.16. The van der Waals surface area contributed by atoms with Gasteiger partial charge < -0.3 is 14.6 Å². The van der Waals surface area contributed by atoms with Gasteiger partial charge in [0.2, 0.25) is 0 Å². The average molecular weight is 447 g/mol. The number of aromatic nitrogens is 1. The molecule has 0 fully saturated rings. The third kappa shape index (κ3) is 4.15. The van der Waals surface area contributed by atoms with Crippen LogP contribution in [0.5, 0.6) is 0 Å². The summed E-state index contributed by atoms with van der Waals surface area (Å²) >= 11 is 3.43. The largest absolute Gasteiger partial charge is 0.383 e. The van der Waals surface area contributed by atoms with Gasteiger partial charge in [-0.1, -0.05) is 34.1 Å². The molecule has 0 saturated heterocycles. The van der Waals surface area contributed by atoms with Gasteiger partial charge in [-0.05, 0) is 42.3 Å². The Bertz CT molecular complexity index is 1090. The van der Waals surface area contributed by atoms with Crippen molar-refractivity contribution in [2.75, 3.05) is 13.7 Å². The highest BCUT2D eigenvalue weighted by molar-refractivity contribution is 9.10. The minimum absolute atomic E-state index is 0.0855. The zero-order valence-corrected chi connectivity index (χ0v) is 17.2. The van der Waals surface area contributed by atoms with Crippen LogP contribution in [-0.2, 0) is 17.8 Å². The Balaban J connectivity index is 2.03. The molecule has 0 spiro atoms. The smallest absolute Gasteiger partial charge is 0.264 e. The van der Waals surface area contributed by atoms with E-state index in [1.165, 1.54) is 12.1 Å². The molecule has 1 amide bonds. The van der Waals surface area contributed by atoms with E-state index in [2.05, 4.69) is 21.2 Å². The van der Waals surface area contributed by atoms with E-state index in [9.17, 15) is 14.0 Å². The molecule has 1 N–H and O–H groups in total. The molecule has 3 rings (SSSR count). The van der Waals surface area contributed by atoms with Crippen LogP contribution in [0.1, 0.15) is 21.5 Å². The number of pyridine rings is 1. The number of carbonyl (C=O) groups is 1. The van der Waals surface area contributed by atoms with E-state index in [4.69, 9.17) is 4.74 Å². The van der Waals surface area contributed by atoms with E-state index < -0.39 is 5.91 Å². The molecule has 28 heavy (non-hydrogen) atoms. The zero-order chi connectivity index (χ0) is 20.3. The highest BCUT2D eigenvalue weighted by atomic mass is 79.9. The van der Waals surface area contributed by atoms with Crippen LogP contribution in [0.15, 0.2) is 51.7 Å². The van der Waals surface area contributed by atoms with Crippen molar-refractivity contribution in [1.29, 1.82) is 0 Å². The molecule has 146 valence electrons. The van der Waals surface area contributed by atoms with Crippen LogP contribution in [-0.4, -0.2) is 24.2 Å². The second-order valence-electron chi connectivity index (χ2n) is 6.42. The minimum atomic E-state index is -0.484. The summed E-state index contributed by atoms with van der Waals surface area (Å²) in [6.45, 7) is 2.56. The summed E-state index contributed by atoms with van der Waals surface area (Å²) in [6.07, 6.45) is 0. The van der Waals surface area contributed by atoms with Crippen molar-refractivity contribution in [3.63, 3.8) is 0 Å². The highest BCUT2D eigenvalue weighted by Gasteiger charge is 2.20. The van der Waals surface area contributed by atoms with Crippen LogP contribution in [0, 0.1) is 12.7 Å². The Morgan fingerprint density at radius 3 is 2.75 bits per heavy atom. The van der Waals surface area contributed by atoms with Gasteiger partial charge in [0.05, 0.1) is 12.1 Å². The molecule has 0 aliphatic heterocycles. The van der Waals surface area contributed by atoms with E-state index in [-0.39, 0.29) is 23.5 Å². The summed E-state index contributed by atoms with van der Waals surface area (Å²) in [7, 11) is 1.56. The van der Waals surface area contributed by atoms with Crippen molar-refractivity contribution < 1.29 is 13.9 Å². The monoisotopic (exact) mass is 446 g/mol. The molecule has 5 nitrogen and oxygen atoms in total. The minimum Gasteiger partial charge on any atom is -0.383 e. The van der Waals surface area contributed by atoms with Crippen LogP contribution < -0.4 is 10.9 Å². The summed E-state index contributed by atoms with van der Waals surface area (Å²) in [6, 6.07) is 11.6. The fourth-order valence-electron chi connectivity index (χ4n) is 3.17. The maximum absolute atomic E-state index is 13.3. The number of nitrogens with one attached hydrogen (secondary N) is 1. The maximum Gasteiger partial charge on any atom is 0.264 e. The molecule has 7 heteroatoms. The van der Waals surface area contributed by atoms with Gasteiger partial charge in [-0.3, -0.25) is 9.59 Å². The Kier molecular flexibility index (Phi) is 6.26. The summed E-state index contributed by atoms with van der Waals surface area (Å²) in [5.74, 6) is -0.858. The van der Waals surface area contributed by atoms with Crippen LogP contribution >= 0.6 is 15.9 Å². The first-order valence-corrected chi connectivity index (χ1v) is 9.56. The topological polar surface area (TPSA) is 60.3 Å². The van der Waals surface area contributed by atoms with E-state index in [1.807, 2.05) is 18.2 Å². The van der Waals surface area contributed by atoms with Gasteiger partial charge in [-0.2, -0.15) is 0 Å². The van der Waals surface area contributed by atoms with Crippen molar-refractivity contribution in [2.45, 2.75) is 20.0 Å². The van der Waals surface area contributed by atoms with Gasteiger partial charge in [-0.15, -0.1) is 0 Å². The molecule has 1 heterocycles. The summed E-state index contributed by atoms with van der Waals surface area (Å²) in [5, 5.41) is 3.54. The Morgan fingerprint density at radius 1 is 1.25 bits per heavy atom. The number of carbonyl (C=O) groups excluding carboxylic acids is 1. The molecule has 0 saturated carbocycles. The van der Waals surface area contributed by atoms with Gasteiger partial charge >= 0.3 is 0 Å². The number of amides is 1. The molecule has 0 unspecified atom stereocenters. The normalized spacial score (nSPS) is 11.0. The lowest BCUT2D eigenvalue weighted by Crippen LogP contribution is -2.35. The lowest BCUT2D eigenvalue weighted by atomic mass is 10.0. The van der Waals surface area contributed by atoms with E-state index in [0.29, 0.717) is 24.3 Å². The predicted octanol–water partition coefficient (Wildman–Crippen LogP) is 3.79. The summed E-state index contributed by atoms with van der Waals surface area (Å²) in [5.41, 5.74) is 1.67. The molecule has 0 atom stereocenters. The number of benzene rings is 2. The van der Waals surface area contributed by atoms with Crippen LogP contribution in [0.3, 0.4) is 0 Å². The van der Waals surface area contributed by atoms with Crippen molar-refractivity contribution in [1.82, 2.24) is 9.88 Å². The lowest BCUT2D eigenvalue weighted by molar-refractivity contribution is 0.0948. The van der Waals surface area contributed by atoms with E-state index in [0.717, 1.165) is 15.4 Å². The molecular formula is C21H20BrFN2O3. The third-order valence-electron chi connectivity index (χ3n) is 4.58. The second-order valence-corrected chi connectivity index (χ2v) is 7.34.